The number of aryl methyl sites for hydroxylation is 2. The third kappa shape index (κ3) is 3.88. The summed E-state index contributed by atoms with van der Waals surface area (Å²) in [6.45, 7) is 2.30. The van der Waals surface area contributed by atoms with Crippen LogP contribution in [0.15, 0.2) is 42.5 Å². The van der Waals surface area contributed by atoms with Crippen LogP contribution in [0.3, 0.4) is 0 Å². The first kappa shape index (κ1) is 19.2. The first-order valence-electron chi connectivity index (χ1n) is 10.2. The van der Waals surface area contributed by atoms with Crippen LogP contribution in [0.25, 0.3) is 0 Å². The van der Waals surface area contributed by atoms with Gasteiger partial charge in [0, 0.05) is 13.1 Å². The van der Waals surface area contributed by atoms with Crippen molar-refractivity contribution in [2.75, 3.05) is 13.1 Å². The Balaban J connectivity index is 1.28. The van der Waals surface area contributed by atoms with Crippen molar-refractivity contribution in [3.05, 3.63) is 70.3 Å². The molecule has 2 aromatic carbocycles. The second-order valence-electron chi connectivity index (χ2n) is 7.66. The Morgan fingerprint density at radius 1 is 1.00 bits per heavy atom. The van der Waals surface area contributed by atoms with Gasteiger partial charge in [-0.15, -0.1) is 0 Å². The number of hydrogen-bond acceptors (Lipinski definition) is 3. The van der Waals surface area contributed by atoms with Gasteiger partial charge >= 0.3 is 6.03 Å². The molecule has 6 nitrogen and oxygen atoms in total. The summed E-state index contributed by atoms with van der Waals surface area (Å²) in [5.41, 5.74) is 4.72. The van der Waals surface area contributed by atoms with Crippen LogP contribution in [0.5, 0.6) is 0 Å². The van der Waals surface area contributed by atoms with Gasteiger partial charge < -0.3 is 10.6 Å². The van der Waals surface area contributed by atoms with E-state index >= 15 is 0 Å². The van der Waals surface area contributed by atoms with E-state index in [-0.39, 0.29) is 37.0 Å². The van der Waals surface area contributed by atoms with Crippen molar-refractivity contribution in [2.45, 2.75) is 38.6 Å². The summed E-state index contributed by atoms with van der Waals surface area (Å²) < 4.78 is 0. The monoisotopic (exact) mass is 391 g/mol. The van der Waals surface area contributed by atoms with Crippen molar-refractivity contribution in [1.29, 1.82) is 0 Å². The lowest BCUT2D eigenvalue weighted by Gasteiger charge is -2.20. The SMILES string of the molecule is CC(NC(=O)NCCN1C(=O)c2ccccc2C1=O)c1ccc2c(c1)CCCC2. The minimum Gasteiger partial charge on any atom is -0.336 e. The number of nitrogens with zero attached hydrogens (tertiary/aromatic N) is 1. The molecule has 150 valence electrons. The van der Waals surface area contributed by atoms with Gasteiger partial charge in [-0.2, -0.15) is 0 Å². The summed E-state index contributed by atoms with van der Waals surface area (Å²) in [6, 6.07) is 12.8. The fraction of sp³-hybridized carbons (Fsp3) is 0.348. The Labute approximate surface area is 170 Å². The molecule has 2 N–H and O–H groups in total. The highest BCUT2D eigenvalue weighted by molar-refractivity contribution is 6.21. The van der Waals surface area contributed by atoms with Crippen molar-refractivity contribution >= 4 is 17.8 Å². The van der Waals surface area contributed by atoms with E-state index in [2.05, 4.69) is 28.8 Å². The molecule has 0 fully saturated rings. The molecule has 4 amide bonds. The normalized spacial score (nSPS) is 16.2. The zero-order valence-electron chi connectivity index (χ0n) is 16.5. The number of fused-ring (bicyclic) bond motifs is 2. The average molecular weight is 391 g/mol. The summed E-state index contributed by atoms with van der Waals surface area (Å²) in [7, 11) is 0. The van der Waals surface area contributed by atoms with Gasteiger partial charge in [0.1, 0.15) is 0 Å². The highest BCUT2D eigenvalue weighted by Crippen LogP contribution is 2.25. The molecular weight excluding hydrogens is 366 g/mol. The van der Waals surface area contributed by atoms with E-state index in [9.17, 15) is 14.4 Å². The first-order valence-corrected chi connectivity index (χ1v) is 10.2. The lowest BCUT2D eigenvalue weighted by Crippen LogP contribution is -2.42. The Hall–Kier alpha value is -3.15. The van der Waals surface area contributed by atoms with Gasteiger partial charge in [0.15, 0.2) is 0 Å². The Kier molecular flexibility index (Phi) is 5.34. The molecule has 1 aliphatic heterocycles. The average Bonchev–Trinajstić information content (AvgIpc) is 2.98. The lowest BCUT2D eigenvalue weighted by atomic mass is 9.89. The highest BCUT2D eigenvalue weighted by Gasteiger charge is 2.34. The lowest BCUT2D eigenvalue weighted by molar-refractivity contribution is 0.0656. The maximum absolute atomic E-state index is 12.3. The summed E-state index contributed by atoms with van der Waals surface area (Å²) >= 11 is 0. The largest absolute Gasteiger partial charge is 0.336 e. The van der Waals surface area contributed by atoms with Gasteiger partial charge in [-0.1, -0.05) is 30.3 Å². The van der Waals surface area contributed by atoms with Gasteiger partial charge in [-0.25, -0.2) is 4.79 Å². The number of amides is 4. The Morgan fingerprint density at radius 3 is 2.34 bits per heavy atom. The van der Waals surface area contributed by atoms with Crippen molar-refractivity contribution < 1.29 is 14.4 Å². The predicted molar refractivity (Wildman–Crippen MR) is 110 cm³/mol. The molecule has 0 spiro atoms. The molecular formula is C23H25N3O3. The van der Waals surface area contributed by atoms with Crippen LogP contribution in [0.1, 0.15) is 63.2 Å². The van der Waals surface area contributed by atoms with Crippen molar-refractivity contribution in [1.82, 2.24) is 15.5 Å². The van der Waals surface area contributed by atoms with E-state index < -0.39 is 0 Å². The summed E-state index contributed by atoms with van der Waals surface area (Å²) in [5, 5.41) is 5.67. The maximum Gasteiger partial charge on any atom is 0.315 e. The molecule has 29 heavy (non-hydrogen) atoms. The standard InChI is InChI=1S/C23H25N3O3/c1-15(17-11-10-16-6-2-3-7-18(16)14-17)25-23(29)24-12-13-26-21(27)19-8-4-5-9-20(19)22(26)28/h4-5,8-11,14-15H,2-3,6-7,12-13H2,1H3,(H2,24,25,29). The third-order valence-corrected chi connectivity index (χ3v) is 5.72. The Morgan fingerprint density at radius 2 is 1.66 bits per heavy atom. The van der Waals surface area contributed by atoms with E-state index in [4.69, 9.17) is 0 Å². The molecule has 1 heterocycles. The minimum atomic E-state index is -0.313. The third-order valence-electron chi connectivity index (χ3n) is 5.72. The van der Waals surface area contributed by atoms with E-state index in [1.165, 1.54) is 28.9 Å². The maximum atomic E-state index is 12.3. The number of urea groups is 1. The van der Waals surface area contributed by atoms with Gasteiger partial charge in [-0.3, -0.25) is 14.5 Å². The van der Waals surface area contributed by atoms with Crippen LogP contribution in [0, 0.1) is 0 Å². The van der Waals surface area contributed by atoms with Crippen LogP contribution in [-0.4, -0.2) is 35.8 Å². The summed E-state index contributed by atoms with van der Waals surface area (Å²) in [5.74, 6) is -0.620. The molecule has 0 saturated heterocycles. The summed E-state index contributed by atoms with van der Waals surface area (Å²) in [4.78, 5) is 38.1. The topological polar surface area (TPSA) is 78.5 Å². The second kappa shape index (κ2) is 8.07. The number of carbonyl (C=O) groups excluding carboxylic acids is 3. The number of hydrogen-bond donors (Lipinski definition) is 2. The zero-order valence-corrected chi connectivity index (χ0v) is 16.5. The van der Waals surface area contributed by atoms with E-state index in [0.29, 0.717) is 11.1 Å². The number of nitrogens with one attached hydrogen (secondary N) is 2. The van der Waals surface area contributed by atoms with Crippen molar-refractivity contribution in [2.24, 2.45) is 0 Å². The number of benzene rings is 2. The summed E-state index contributed by atoms with van der Waals surface area (Å²) in [6.07, 6.45) is 4.70. The van der Waals surface area contributed by atoms with Crippen LogP contribution in [-0.2, 0) is 12.8 Å². The van der Waals surface area contributed by atoms with Crippen LogP contribution in [0.4, 0.5) is 4.79 Å². The smallest absolute Gasteiger partial charge is 0.315 e. The Bertz CT molecular complexity index is 935. The molecule has 1 atom stereocenters. The van der Waals surface area contributed by atoms with Crippen molar-refractivity contribution in [3.8, 4) is 0 Å². The highest BCUT2D eigenvalue weighted by atomic mass is 16.2. The van der Waals surface area contributed by atoms with Crippen LogP contribution < -0.4 is 10.6 Å². The molecule has 0 bridgehead atoms. The molecule has 0 aromatic heterocycles. The van der Waals surface area contributed by atoms with Gasteiger partial charge in [-0.05, 0) is 61.4 Å². The van der Waals surface area contributed by atoms with Gasteiger partial charge in [0.05, 0.1) is 17.2 Å². The molecule has 2 aliphatic rings. The van der Waals surface area contributed by atoms with Crippen molar-refractivity contribution in [3.63, 3.8) is 0 Å². The van der Waals surface area contributed by atoms with Crippen LogP contribution in [0.2, 0.25) is 0 Å². The molecule has 0 saturated carbocycles. The zero-order chi connectivity index (χ0) is 20.4. The molecule has 1 unspecified atom stereocenters. The molecule has 4 rings (SSSR count). The van der Waals surface area contributed by atoms with Gasteiger partial charge in [0.2, 0.25) is 0 Å². The molecule has 6 heteroatoms. The molecule has 1 aliphatic carbocycles. The number of carbonyl (C=O) groups is 3. The van der Waals surface area contributed by atoms with E-state index in [1.54, 1.807) is 24.3 Å². The van der Waals surface area contributed by atoms with E-state index in [0.717, 1.165) is 18.4 Å². The second-order valence-corrected chi connectivity index (χ2v) is 7.66. The number of rotatable bonds is 5. The number of imide groups is 1. The quantitative estimate of drug-likeness (QED) is 0.768. The van der Waals surface area contributed by atoms with Crippen LogP contribution >= 0.6 is 0 Å². The van der Waals surface area contributed by atoms with Gasteiger partial charge in [0.25, 0.3) is 11.8 Å². The predicted octanol–water partition coefficient (Wildman–Crippen LogP) is 3.22. The first-order chi connectivity index (χ1) is 14.0. The van der Waals surface area contributed by atoms with E-state index in [1.807, 2.05) is 6.92 Å². The molecule has 0 radical (unpaired) electrons. The fourth-order valence-corrected chi connectivity index (χ4v) is 4.08. The fourth-order valence-electron chi connectivity index (χ4n) is 4.08. The minimum absolute atomic E-state index is 0.124. The molecule has 2 aromatic rings.